The van der Waals surface area contributed by atoms with E-state index >= 15 is 0 Å². The van der Waals surface area contributed by atoms with Gasteiger partial charge in [0.05, 0.1) is 18.5 Å². The third-order valence-electron chi connectivity index (χ3n) is 5.26. The Morgan fingerprint density at radius 2 is 1.52 bits per heavy atom. The number of hydrogen-bond acceptors (Lipinski definition) is 3. The van der Waals surface area contributed by atoms with Crippen molar-refractivity contribution in [2.24, 2.45) is 0 Å². The highest BCUT2D eigenvalue weighted by Crippen LogP contribution is 2.31. The van der Waals surface area contributed by atoms with Crippen molar-refractivity contribution in [3.8, 4) is 33.8 Å². The van der Waals surface area contributed by atoms with Crippen molar-refractivity contribution in [1.29, 1.82) is 0 Å². The summed E-state index contributed by atoms with van der Waals surface area (Å²) in [5, 5.41) is 14.8. The molecule has 1 heterocycles. The van der Waals surface area contributed by atoms with E-state index in [2.05, 4.69) is 12.1 Å². The van der Waals surface area contributed by atoms with Gasteiger partial charge in [-0.3, -0.25) is 0 Å². The minimum Gasteiger partial charge on any atom is -0.497 e. The van der Waals surface area contributed by atoms with Crippen LogP contribution in [0, 0.1) is 0 Å². The van der Waals surface area contributed by atoms with Crippen molar-refractivity contribution >= 4 is 5.97 Å². The topological polar surface area (TPSA) is 64.3 Å². The normalized spacial score (nSPS) is 10.8. The molecule has 0 aliphatic rings. The number of methoxy groups -OCH3 is 1. The Labute approximate surface area is 181 Å². The quantitative estimate of drug-likeness (QED) is 0.413. The van der Waals surface area contributed by atoms with E-state index in [0.717, 1.165) is 34.5 Å². The molecule has 0 unspecified atom stereocenters. The molecule has 0 radical (unpaired) electrons. The maximum Gasteiger partial charge on any atom is 0.339 e. The molecule has 4 aromatic rings. The third kappa shape index (κ3) is 4.08. The van der Waals surface area contributed by atoms with Gasteiger partial charge in [0.25, 0.3) is 0 Å². The van der Waals surface area contributed by atoms with Crippen molar-refractivity contribution in [2.45, 2.75) is 19.8 Å². The van der Waals surface area contributed by atoms with Crippen LogP contribution in [0.4, 0.5) is 0 Å². The molecule has 0 fully saturated rings. The zero-order valence-electron chi connectivity index (χ0n) is 17.6. The van der Waals surface area contributed by atoms with Crippen LogP contribution in [0.25, 0.3) is 28.1 Å². The zero-order chi connectivity index (χ0) is 21.8. The van der Waals surface area contributed by atoms with E-state index in [4.69, 9.17) is 9.84 Å². The smallest absolute Gasteiger partial charge is 0.339 e. The molecule has 0 bridgehead atoms. The van der Waals surface area contributed by atoms with Gasteiger partial charge in [-0.25, -0.2) is 9.48 Å². The van der Waals surface area contributed by atoms with Crippen LogP contribution in [0.1, 0.15) is 29.4 Å². The number of aromatic nitrogens is 2. The predicted octanol–water partition coefficient (Wildman–Crippen LogP) is 5.87. The lowest BCUT2D eigenvalue weighted by Crippen LogP contribution is -2.06. The minimum atomic E-state index is -0.967. The van der Waals surface area contributed by atoms with Crippen molar-refractivity contribution < 1.29 is 14.6 Å². The summed E-state index contributed by atoms with van der Waals surface area (Å²) in [6.45, 7) is 2.03. The highest BCUT2D eigenvalue weighted by Gasteiger charge is 2.24. The lowest BCUT2D eigenvalue weighted by molar-refractivity contribution is 0.0696. The molecule has 0 aliphatic heterocycles. The van der Waals surface area contributed by atoms with Crippen molar-refractivity contribution in [3.63, 3.8) is 0 Å². The fraction of sp³-hybridized carbons (Fsp3) is 0.154. The van der Waals surface area contributed by atoms with E-state index in [9.17, 15) is 9.90 Å². The Morgan fingerprint density at radius 3 is 2.10 bits per heavy atom. The Kier molecular flexibility index (Phi) is 5.85. The SMILES string of the molecule is CCCc1c(C(=O)O)c(-c2ccc(-c3ccccc3)cc2)nn1-c1ccc(OC)cc1. The fourth-order valence-corrected chi connectivity index (χ4v) is 3.74. The van der Waals surface area contributed by atoms with Gasteiger partial charge in [0.1, 0.15) is 17.0 Å². The molecular weight excluding hydrogens is 388 g/mol. The first kappa shape index (κ1) is 20.4. The molecule has 31 heavy (non-hydrogen) atoms. The number of rotatable bonds is 7. The standard InChI is InChI=1S/C26H24N2O3/c1-3-7-23-24(26(29)30)25(27-28(23)21-14-16-22(31-2)17-15-21)20-12-10-19(11-13-20)18-8-5-4-6-9-18/h4-6,8-17H,3,7H2,1-2H3,(H,29,30). The minimum absolute atomic E-state index is 0.255. The Balaban J connectivity index is 1.82. The summed E-state index contributed by atoms with van der Waals surface area (Å²) in [5.74, 6) is -0.228. The monoisotopic (exact) mass is 412 g/mol. The van der Waals surface area contributed by atoms with Gasteiger partial charge in [-0.1, -0.05) is 67.9 Å². The highest BCUT2D eigenvalue weighted by atomic mass is 16.5. The molecule has 3 aromatic carbocycles. The first-order valence-electron chi connectivity index (χ1n) is 10.3. The second kappa shape index (κ2) is 8.88. The number of nitrogens with zero attached hydrogens (tertiary/aromatic N) is 2. The van der Waals surface area contributed by atoms with Gasteiger partial charge in [-0.05, 0) is 41.8 Å². The molecule has 156 valence electrons. The average Bonchev–Trinajstić information content (AvgIpc) is 3.19. The van der Waals surface area contributed by atoms with Crippen LogP contribution >= 0.6 is 0 Å². The predicted molar refractivity (Wildman–Crippen MR) is 122 cm³/mol. The van der Waals surface area contributed by atoms with E-state index in [1.807, 2.05) is 73.7 Å². The van der Waals surface area contributed by atoms with Gasteiger partial charge < -0.3 is 9.84 Å². The Morgan fingerprint density at radius 1 is 0.903 bits per heavy atom. The lowest BCUT2D eigenvalue weighted by Gasteiger charge is -2.08. The molecular formula is C26H24N2O3. The summed E-state index contributed by atoms with van der Waals surface area (Å²) < 4.78 is 6.99. The molecule has 0 spiro atoms. The summed E-state index contributed by atoms with van der Waals surface area (Å²) in [7, 11) is 1.62. The van der Waals surface area contributed by atoms with E-state index in [0.29, 0.717) is 17.8 Å². The van der Waals surface area contributed by atoms with Crippen molar-refractivity contribution in [1.82, 2.24) is 9.78 Å². The van der Waals surface area contributed by atoms with E-state index in [-0.39, 0.29) is 5.56 Å². The molecule has 0 saturated heterocycles. The number of aromatic carboxylic acids is 1. The van der Waals surface area contributed by atoms with Gasteiger partial charge in [0.15, 0.2) is 0 Å². The van der Waals surface area contributed by atoms with Crippen LogP contribution in [0.5, 0.6) is 5.75 Å². The Hall–Kier alpha value is -3.86. The van der Waals surface area contributed by atoms with Crippen molar-refractivity contribution in [2.75, 3.05) is 7.11 Å². The third-order valence-corrected chi connectivity index (χ3v) is 5.26. The second-order valence-corrected chi connectivity index (χ2v) is 7.28. The van der Waals surface area contributed by atoms with Crippen LogP contribution in [0.15, 0.2) is 78.9 Å². The molecule has 0 aliphatic carbocycles. The number of carbonyl (C=O) groups is 1. The van der Waals surface area contributed by atoms with Crippen LogP contribution in [-0.4, -0.2) is 28.0 Å². The Bertz CT molecular complexity index is 1180. The molecule has 1 aromatic heterocycles. The van der Waals surface area contributed by atoms with Crippen LogP contribution in [-0.2, 0) is 6.42 Å². The summed E-state index contributed by atoms with van der Waals surface area (Å²) in [6, 6.07) is 25.4. The highest BCUT2D eigenvalue weighted by molar-refractivity contribution is 5.96. The van der Waals surface area contributed by atoms with Gasteiger partial charge in [0.2, 0.25) is 0 Å². The summed E-state index contributed by atoms with van der Waals surface area (Å²) in [5.41, 5.74) is 5.20. The second-order valence-electron chi connectivity index (χ2n) is 7.28. The summed E-state index contributed by atoms with van der Waals surface area (Å²) >= 11 is 0. The summed E-state index contributed by atoms with van der Waals surface area (Å²) in [4.78, 5) is 12.3. The first-order chi connectivity index (χ1) is 15.1. The van der Waals surface area contributed by atoms with Gasteiger partial charge >= 0.3 is 5.97 Å². The molecule has 4 rings (SSSR count). The number of ether oxygens (including phenoxy) is 1. The van der Waals surface area contributed by atoms with Crippen LogP contribution < -0.4 is 4.74 Å². The van der Waals surface area contributed by atoms with E-state index < -0.39 is 5.97 Å². The number of carboxylic acid groups (broad SMARTS) is 1. The molecule has 0 atom stereocenters. The van der Waals surface area contributed by atoms with Crippen LogP contribution in [0.3, 0.4) is 0 Å². The molecule has 5 nitrogen and oxygen atoms in total. The summed E-state index contributed by atoms with van der Waals surface area (Å²) in [6.07, 6.45) is 1.43. The van der Waals surface area contributed by atoms with Gasteiger partial charge in [0, 0.05) is 5.56 Å². The maximum absolute atomic E-state index is 12.3. The molecule has 0 amide bonds. The first-order valence-corrected chi connectivity index (χ1v) is 10.3. The van der Waals surface area contributed by atoms with E-state index in [1.54, 1.807) is 11.8 Å². The molecule has 0 saturated carbocycles. The van der Waals surface area contributed by atoms with Crippen molar-refractivity contribution in [3.05, 3.63) is 90.1 Å². The fourth-order valence-electron chi connectivity index (χ4n) is 3.74. The lowest BCUT2D eigenvalue weighted by atomic mass is 10.00. The van der Waals surface area contributed by atoms with Crippen LogP contribution in [0.2, 0.25) is 0 Å². The number of benzene rings is 3. The number of hydrogen-bond donors (Lipinski definition) is 1. The molecule has 5 heteroatoms. The van der Waals surface area contributed by atoms with E-state index in [1.165, 1.54) is 0 Å². The zero-order valence-corrected chi connectivity index (χ0v) is 17.6. The molecule has 1 N–H and O–H groups in total. The maximum atomic E-state index is 12.3. The number of carboxylic acids is 1. The largest absolute Gasteiger partial charge is 0.497 e. The van der Waals surface area contributed by atoms with Gasteiger partial charge in [-0.2, -0.15) is 5.10 Å². The van der Waals surface area contributed by atoms with Gasteiger partial charge in [-0.15, -0.1) is 0 Å². The average molecular weight is 412 g/mol.